The number of halogens is 1. The van der Waals surface area contributed by atoms with Gasteiger partial charge in [-0.3, -0.25) is 0 Å². The predicted octanol–water partition coefficient (Wildman–Crippen LogP) is 6.13. The summed E-state index contributed by atoms with van der Waals surface area (Å²) in [5.74, 6) is 5.97. The van der Waals surface area contributed by atoms with Gasteiger partial charge in [0.15, 0.2) is 23.0 Å². The Kier molecular flexibility index (Phi) is 12.7. The molecule has 2 aromatic rings. The van der Waals surface area contributed by atoms with Crippen molar-refractivity contribution < 1.29 is 23.7 Å². The molecule has 1 aliphatic rings. The third kappa shape index (κ3) is 7.46. The summed E-state index contributed by atoms with van der Waals surface area (Å²) < 4.78 is 27.7. The first kappa shape index (κ1) is 30.6. The monoisotopic (exact) mass is 557 g/mol. The molecule has 9 heteroatoms. The van der Waals surface area contributed by atoms with Gasteiger partial charge >= 0.3 is 0 Å². The lowest BCUT2D eigenvalue weighted by atomic mass is 10.0. The van der Waals surface area contributed by atoms with Crippen LogP contribution in [-0.4, -0.2) is 72.1 Å². The van der Waals surface area contributed by atoms with Gasteiger partial charge in [0.25, 0.3) is 0 Å². The smallest absolute Gasteiger partial charge is 0.203 e. The maximum absolute atomic E-state index is 5.65. The van der Waals surface area contributed by atoms with E-state index < -0.39 is 0 Å². The second kappa shape index (κ2) is 15.0. The molecule has 36 heavy (non-hydrogen) atoms. The molecule has 0 atom stereocenters. The van der Waals surface area contributed by atoms with E-state index in [0.717, 1.165) is 55.4 Å². The largest absolute Gasteiger partial charge is 0.493 e. The van der Waals surface area contributed by atoms with Crippen LogP contribution in [-0.2, 0) is 10.5 Å². The Bertz CT molecular complexity index is 931. The molecule has 3 rings (SSSR count). The Labute approximate surface area is 231 Å². The zero-order valence-electron chi connectivity index (χ0n) is 22.3. The number of benzene rings is 2. The van der Waals surface area contributed by atoms with Crippen molar-refractivity contribution in [2.75, 3.05) is 67.2 Å². The van der Waals surface area contributed by atoms with Crippen molar-refractivity contribution in [3.8, 4) is 28.7 Å². The number of rotatable bonds is 13. The zero-order chi connectivity index (χ0) is 25.3. The van der Waals surface area contributed by atoms with Gasteiger partial charge in [-0.2, -0.15) is 0 Å². The van der Waals surface area contributed by atoms with Crippen LogP contribution < -0.4 is 23.7 Å². The Morgan fingerprint density at radius 3 is 1.94 bits per heavy atom. The van der Waals surface area contributed by atoms with E-state index in [2.05, 4.69) is 59.7 Å². The van der Waals surface area contributed by atoms with E-state index in [1.165, 1.54) is 29.1 Å². The van der Waals surface area contributed by atoms with Crippen LogP contribution in [0.3, 0.4) is 0 Å². The van der Waals surface area contributed by atoms with Gasteiger partial charge in [0, 0.05) is 6.54 Å². The second-order valence-corrected chi connectivity index (χ2v) is 11.6. The van der Waals surface area contributed by atoms with Crippen molar-refractivity contribution in [3.05, 3.63) is 41.5 Å². The van der Waals surface area contributed by atoms with Crippen LogP contribution in [0.1, 0.15) is 30.4 Å². The quantitative estimate of drug-likeness (QED) is 0.291. The molecular formula is C27H40ClNO5S2. The minimum Gasteiger partial charge on any atom is -0.493 e. The molecular weight excluding hydrogens is 518 g/mol. The Hall–Kier alpha value is -1.61. The van der Waals surface area contributed by atoms with E-state index in [-0.39, 0.29) is 16.5 Å². The third-order valence-corrected chi connectivity index (χ3v) is 9.84. The second-order valence-electron chi connectivity index (χ2n) is 8.56. The molecule has 202 valence electrons. The molecule has 0 amide bonds. The zero-order valence-corrected chi connectivity index (χ0v) is 24.7. The van der Waals surface area contributed by atoms with Crippen molar-refractivity contribution >= 4 is 35.9 Å². The highest BCUT2D eigenvalue weighted by Crippen LogP contribution is 2.55. The summed E-state index contributed by atoms with van der Waals surface area (Å²) in [6, 6.07) is 10.4. The minimum atomic E-state index is -0.00469. The fourth-order valence-electron chi connectivity index (χ4n) is 4.38. The highest BCUT2D eigenvalue weighted by Gasteiger charge is 2.37. The first-order valence-corrected chi connectivity index (χ1v) is 13.9. The molecule has 0 bridgehead atoms. The van der Waals surface area contributed by atoms with Crippen LogP contribution in [0.15, 0.2) is 30.3 Å². The van der Waals surface area contributed by atoms with Gasteiger partial charge in [0.2, 0.25) is 5.75 Å². The van der Waals surface area contributed by atoms with Gasteiger partial charge in [-0.05, 0) is 86.2 Å². The fraction of sp³-hybridized carbons (Fsp3) is 0.556. The van der Waals surface area contributed by atoms with Gasteiger partial charge in [-0.25, -0.2) is 0 Å². The van der Waals surface area contributed by atoms with Crippen molar-refractivity contribution in [3.63, 3.8) is 0 Å². The molecule has 1 heterocycles. The molecule has 0 N–H and O–H groups in total. The van der Waals surface area contributed by atoms with Crippen molar-refractivity contribution in [2.24, 2.45) is 0 Å². The Morgan fingerprint density at radius 1 is 0.778 bits per heavy atom. The van der Waals surface area contributed by atoms with E-state index in [4.69, 9.17) is 23.7 Å². The summed E-state index contributed by atoms with van der Waals surface area (Å²) in [5.41, 5.74) is 2.50. The molecule has 0 saturated carbocycles. The summed E-state index contributed by atoms with van der Waals surface area (Å²) in [6.45, 7) is 2.04. The average Bonchev–Trinajstić information content (AvgIpc) is 2.91. The minimum absolute atomic E-state index is 0. The number of methoxy groups -OCH3 is 5. The summed E-state index contributed by atoms with van der Waals surface area (Å²) in [5, 5.41) is 0. The highest BCUT2D eigenvalue weighted by molar-refractivity contribution is 8.18. The maximum atomic E-state index is 5.65. The van der Waals surface area contributed by atoms with Crippen molar-refractivity contribution in [1.29, 1.82) is 0 Å². The number of ether oxygens (including phenoxy) is 5. The summed E-state index contributed by atoms with van der Waals surface area (Å²) in [4.78, 5) is 2.41. The SMILES string of the molecule is COc1ccc(CCN(C)CCCC2(c3cc(OC)c(OC)c(OC)c3)SCCCS2)cc1OC.Cl. The normalized spacial score (nSPS) is 14.6. The first-order chi connectivity index (χ1) is 17.0. The third-order valence-electron chi connectivity index (χ3n) is 6.34. The lowest BCUT2D eigenvalue weighted by Gasteiger charge is -2.37. The van der Waals surface area contributed by atoms with Gasteiger partial charge in [0.05, 0.1) is 39.6 Å². The van der Waals surface area contributed by atoms with Crippen LogP contribution in [0.5, 0.6) is 28.7 Å². The summed E-state index contributed by atoms with van der Waals surface area (Å²) >= 11 is 4.10. The predicted molar refractivity (Wildman–Crippen MR) is 155 cm³/mol. The topological polar surface area (TPSA) is 49.4 Å². The fourth-order valence-corrected chi connectivity index (χ4v) is 7.78. The van der Waals surface area contributed by atoms with E-state index in [1.807, 2.05) is 6.07 Å². The standard InChI is InChI=1S/C27H39NO5S2.ClH/c1-28(14-11-20-9-10-22(29-2)23(17-20)30-3)13-7-12-27(34-15-8-16-35-27)21-18-24(31-4)26(33-6)25(19-21)32-5;/h9-10,17-19H,7-8,11-16H2,1-6H3;1H. The number of thioether (sulfide) groups is 2. The van der Waals surface area contributed by atoms with E-state index in [0.29, 0.717) is 5.75 Å². The van der Waals surface area contributed by atoms with Crippen LogP contribution >= 0.6 is 35.9 Å². The molecule has 0 spiro atoms. The summed E-state index contributed by atoms with van der Waals surface area (Å²) in [6.07, 6.45) is 4.41. The maximum Gasteiger partial charge on any atom is 0.203 e. The lowest BCUT2D eigenvalue weighted by molar-refractivity contribution is 0.321. The number of hydrogen-bond donors (Lipinski definition) is 0. The summed E-state index contributed by atoms with van der Waals surface area (Å²) in [7, 11) is 10.6. The molecule has 6 nitrogen and oxygen atoms in total. The van der Waals surface area contributed by atoms with Crippen LogP contribution in [0.2, 0.25) is 0 Å². The molecule has 2 aromatic carbocycles. The number of hydrogen-bond acceptors (Lipinski definition) is 8. The van der Waals surface area contributed by atoms with Gasteiger partial charge in [-0.15, -0.1) is 35.9 Å². The number of likely N-dealkylation sites (N-methyl/N-ethyl adjacent to an activating group) is 1. The van der Waals surface area contributed by atoms with Crippen LogP contribution in [0, 0.1) is 0 Å². The van der Waals surface area contributed by atoms with E-state index in [1.54, 1.807) is 35.5 Å². The van der Waals surface area contributed by atoms with Crippen molar-refractivity contribution in [2.45, 2.75) is 29.8 Å². The molecule has 1 aliphatic heterocycles. The highest BCUT2D eigenvalue weighted by atomic mass is 35.5. The van der Waals surface area contributed by atoms with Gasteiger partial charge in [-0.1, -0.05) is 6.07 Å². The average molecular weight is 558 g/mol. The first-order valence-electron chi connectivity index (χ1n) is 12.0. The molecule has 0 radical (unpaired) electrons. The molecule has 0 aromatic heterocycles. The molecule has 1 saturated heterocycles. The molecule has 0 aliphatic carbocycles. The van der Waals surface area contributed by atoms with E-state index in [9.17, 15) is 0 Å². The van der Waals surface area contributed by atoms with Crippen LogP contribution in [0.25, 0.3) is 0 Å². The lowest BCUT2D eigenvalue weighted by Crippen LogP contribution is -2.27. The van der Waals surface area contributed by atoms with Gasteiger partial charge < -0.3 is 28.6 Å². The Balaban J connectivity index is 0.00000456. The van der Waals surface area contributed by atoms with Crippen molar-refractivity contribution in [1.82, 2.24) is 4.90 Å². The molecule has 0 unspecified atom stereocenters. The Morgan fingerprint density at radius 2 is 1.39 bits per heavy atom. The molecule has 1 fully saturated rings. The van der Waals surface area contributed by atoms with E-state index >= 15 is 0 Å². The van der Waals surface area contributed by atoms with Gasteiger partial charge in [0.1, 0.15) is 0 Å². The number of nitrogens with zero attached hydrogens (tertiary/aromatic N) is 1. The van der Waals surface area contributed by atoms with Crippen LogP contribution in [0.4, 0.5) is 0 Å².